The predicted octanol–water partition coefficient (Wildman–Crippen LogP) is 3.29. The Balaban J connectivity index is 0.000000510. The summed E-state index contributed by atoms with van der Waals surface area (Å²) in [6.45, 7) is 1.50. The summed E-state index contributed by atoms with van der Waals surface area (Å²) in [7, 11) is -4.07. The molecule has 1 aromatic carbocycles. The Bertz CT molecular complexity index is 1760. The van der Waals surface area contributed by atoms with Gasteiger partial charge >= 0.3 is 16.6 Å². The fourth-order valence-electron chi connectivity index (χ4n) is 5.05. The molecular formula is C25H25F3N4O9S4. The Kier molecular flexibility index (Phi) is 9.96. The number of rotatable bonds is 8. The first kappa shape index (κ1) is 34.7. The Labute approximate surface area is 266 Å². The van der Waals surface area contributed by atoms with Crippen LogP contribution in [0.25, 0.3) is 10.4 Å². The number of thioether (sulfide) groups is 2. The zero-order valence-corrected chi connectivity index (χ0v) is 27.1. The van der Waals surface area contributed by atoms with E-state index in [9.17, 15) is 38.0 Å². The molecule has 5 rings (SSSR count). The second kappa shape index (κ2) is 12.9. The number of alkyl halides is 3. The number of aromatic nitrogens is 2. The summed E-state index contributed by atoms with van der Waals surface area (Å²) >= 11 is 4.82. The van der Waals surface area contributed by atoms with Crippen molar-refractivity contribution in [2.45, 2.75) is 47.8 Å². The number of non-ortho nitro benzene ring substituents is 1. The highest BCUT2D eigenvalue weighted by Crippen LogP contribution is 2.49. The van der Waals surface area contributed by atoms with Crippen LogP contribution in [0.5, 0.6) is 0 Å². The first-order valence-corrected chi connectivity index (χ1v) is 17.4. The number of hydrogen-bond donors (Lipinski definition) is 1. The number of hydrogen-bond acceptors (Lipinski definition) is 12. The molecule has 0 radical (unpaired) electrons. The second-order valence-corrected chi connectivity index (χ2v) is 13.8. The smallest absolute Gasteiger partial charge is 0.485 e. The SMILES string of the molecule is CSc1c2sc(C3=C(C(=O)OCc4ccc([N+](=O)[O-])cc4)N4C(=O)[C@H]([C@@H](C)O)[C@H]4C3)cn2c(SC)[n+]1C.O=S(=O)([O-])C(F)(F)F. The molecule has 0 unspecified atom stereocenters. The summed E-state index contributed by atoms with van der Waals surface area (Å²) in [5.74, 6) is -1.49. The molecule has 13 nitrogen and oxygen atoms in total. The van der Waals surface area contributed by atoms with Gasteiger partial charge in [0.05, 0.1) is 34.9 Å². The molecule has 4 heterocycles. The quantitative estimate of drug-likeness (QED) is 0.0531. The van der Waals surface area contributed by atoms with E-state index in [2.05, 4.69) is 8.97 Å². The molecule has 0 bridgehead atoms. The predicted molar refractivity (Wildman–Crippen MR) is 156 cm³/mol. The maximum atomic E-state index is 13.4. The molecule has 45 heavy (non-hydrogen) atoms. The minimum atomic E-state index is -6.09. The minimum absolute atomic E-state index is 0.0502. The van der Waals surface area contributed by atoms with Gasteiger partial charge in [0, 0.05) is 17.7 Å². The van der Waals surface area contributed by atoms with E-state index in [0.717, 1.165) is 25.5 Å². The van der Waals surface area contributed by atoms with Crippen LogP contribution in [0, 0.1) is 16.0 Å². The minimum Gasteiger partial charge on any atom is -0.741 e. The highest BCUT2D eigenvalue weighted by molar-refractivity contribution is 7.99. The number of ether oxygens (including phenoxy) is 1. The van der Waals surface area contributed by atoms with Gasteiger partial charge in [0.15, 0.2) is 10.1 Å². The molecule has 2 aliphatic heterocycles. The molecule has 1 amide bonds. The number of benzene rings is 1. The molecule has 1 N–H and O–H groups in total. The number of halogens is 3. The Morgan fingerprint density at radius 1 is 1.27 bits per heavy atom. The van der Waals surface area contributed by atoms with E-state index < -0.39 is 38.5 Å². The van der Waals surface area contributed by atoms with Crippen LogP contribution in [0.3, 0.4) is 0 Å². The van der Waals surface area contributed by atoms with Crippen molar-refractivity contribution in [2.24, 2.45) is 13.0 Å². The van der Waals surface area contributed by atoms with Crippen LogP contribution in [0.1, 0.15) is 23.8 Å². The number of nitrogens with zero attached hydrogens (tertiary/aromatic N) is 4. The van der Waals surface area contributed by atoms with E-state index >= 15 is 0 Å². The normalized spacial score (nSPS) is 18.8. The summed E-state index contributed by atoms with van der Waals surface area (Å²) in [5, 5.41) is 23.2. The zero-order chi connectivity index (χ0) is 33.6. The van der Waals surface area contributed by atoms with Crippen molar-refractivity contribution < 1.29 is 55.1 Å². The van der Waals surface area contributed by atoms with Crippen LogP contribution in [0.15, 0.2) is 46.3 Å². The topological polar surface area (TPSA) is 175 Å². The fraction of sp³-hybridized carbons (Fsp3) is 0.400. The van der Waals surface area contributed by atoms with E-state index in [1.165, 1.54) is 29.2 Å². The number of thiazole rings is 1. The molecule has 0 aliphatic carbocycles. The molecule has 2 aliphatic rings. The van der Waals surface area contributed by atoms with Gasteiger partial charge in [0.2, 0.25) is 15.8 Å². The number of β-lactam (4-membered cyclic amide) rings is 1. The second-order valence-electron chi connectivity index (χ2n) is 9.80. The molecular weight excluding hydrogens is 686 g/mol. The summed E-state index contributed by atoms with van der Waals surface area (Å²) in [4.78, 5) is 40.1. The van der Waals surface area contributed by atoms with Crippen molar-refractivity contribution in [1.29, 1.82) is 0 Å². The third-order valence-electron chi connectivity index (χ3n) is 7.05. The number of carbonyl (C=O) groups excluding carboxylic acids is 2. The van der Waals surface area contributed by atoms with Gasteiger partial charge in [-0.15, -0.1) is 0 Å². The molecule has 244 valence electrons. The molecule has 2 aromatic heterocycles. The summed E-state index contributed by atoms with van der Waals surface area (Å²) in [6.07, 6.45) is 5.65. The lowest BCUT2D eigenvalue weighted by molar-refractivity contribution is -0.742. The van der Waals surface area contributed by atoms with E-state index in [0.29, 0.717) is 12.0 Å². The van der Waals surface area contributed by atoms with Gasteiger partial charge in [-0.25, -0.2) is 17.8 Å². The lowest BCUT2D eigenvalue weighted by atomic mass is 9.83. The molecule has 3 atom stereocenters. The number of esters is 1. The lowest BCUT2D eigenvalue weighted by Gasteiger charge is -2.44. The maximum absolute atomic E-state index is 13.4. The lowest BCUT2D eigenvalue weighted by Crippen LogP contribution is -2.61. The molecule has 1 saturated heterocycles. The van der Waals surface area contributed by atoms with Crippen LogP contribution < -0.4 is 4.57 Å². The maximum Gasteiger partial charge on any atom is 0.485 e. The fourth-order valence-corrected chi connectivity index (χ4v) is 8.01. The summed E-state index contributed by atoms with van der Waals surface area (Å²) < 4.78 is 68.7. The van der Waals surface area contributed by atoms with Gasteiger partial charge in [-0.3, -0.25) is 14.9 Å². The van der Waals surface area contributed by atoms with Gasteiger partial charge in [0.25, 0.3) is 5.69 Å². The van der Waals surface area contributed by atoms with Crippen LogP contribution >= 0.6 is 34.9 Å². The Morgan fingerprint density at radius 2 is 1.87 bits per heavy atom. The number of fused-ring (bicyclic) bond motifs is 2. The largest absolute Gasteiger partial charge is 0.741 e. The molecule has 3 aromatic rings. The van der Waals surface area contributed by atoms with E-state index in [-0.39, 0.29) is 29.9 Å². The Hall–Kier alpha value is -3.17. The van der Waals surface area contributed by atoms with Crippen LogP contribution in [-0.2, 0) is 38.1 Å². The van der Waals surface area contributed by atoms with Gasteiger partial charge in [0.1, 0.15) is 18.5 Å². The van der Waals surface area contributed by atoms with E-state index in [4.69, 9.17) is 17.7 Å². The van der Waals surface area contributed by atoms with Gasteiger partial charge in [-0.2, -0.15) is 17.6 Å². The van der Waals surface area contributed by atoms with Crippen molar-refractivity contribution in [3.8, 4) is 0 Å². The number of nitro groups is 1. The summed E-state index contributed by atoms with van der Waals surface area (Å²) in [5.41, 5.74) is -4.16. The first-order chi connectivity index (χ1) is 20.9. The molecule has 0 spiro atoms. The van der Waals surface area contributed by atoms with Crippen LogP contribution in [0.2, 0.25) is 0 Å². The highest BCUT2D eigenvalue weighted by atomic mass is 32.2. The number of nitro benzene ring substituents is 1. The van der Waals surface area contributed by atoms with Crippen molar-refractivity contribution >= 4 is 72.9 Å². The van der Waals surface area contributed by atoms with Crippen LogP contribution in [0.4, 0.5) is 18.9 Å². The van der Waals surface area contributed by atoms with Gasteiger partial charge in [-0.1, -0.05) is 23.1 Å². The Morgan fingerprint density at radius 3 is 2.36 bits per heavy atom. The monoisotopic (exact) mass is 710 g/mol. The van der Waals surface area contributed by atoms with Gasteiger partial charge in [-0.05, 0) is 55.3 Å². The number of amides is 1. The number of carbonyl (C=O) groups is 2. The van der Waals surface area contributed by atoms with E-state index in [1.54, 1.807) is 41.8 Å². The third-order valence-corrected chi connectivity index (χ3v) is 10.6. The van der Waals surface area contributed by atoms with Crippen LogP contribution in [-0.4, -0.2) is 74.3 Å². The third kappa shape index (κ3) is 6.57. The van der Waals surface area contributed by atoms with Crippen molar-refractivity contribution in [3.63, 3.8) is 0 Å². The highest BCUT2D eigenvalue weighted by Gasteiger charge is 2.57. The molecule has 0 saturated carbocycles. The first-order valence-electron chi connectivity index (χ1n) is 12.7. The average molecular weight is 711 g/mol. The standard InChI is InChI=1S/C24H25N4O6S3.CHF3O3S/c1-12(29)18-16-9-15(17-10-26-22(37-17)21(35-3)25(2)24(26)36-4)19(27(16)20(18)30)23(31)34-11-13-5-7-14(8-6-13)28(32)33;2-1(3,4)8(5,6)7/h5-8,10,12,16,18,29H,9,11H2,1-4H3;(H,5,6,7)/q+1;/p-1/t12-,16-,18-;/m1./s1. The average Bonchev–Trinajstić information content (AvgIpc) is 3.58. The van der Waals surface area contributed by atoms with E-state index in [1.807, 2.05) is 25.8 Å². The van der Waals surface area contributed by atoms with Gasteiger partial charge < -0.3 is 19.3 Å². The molecule has 20 heteroatoms. The van der Waals surface area contributed by atoms with Crippen molar-refractivity contribution in [3.05, 3.63) is 56.7 Å². The number of aliphatic hydroxyl groups is 1. The van der Waals surface area contributed by atoms with Crippen molar-refractivity contribution in [2.75, 3.05) is 12.5 Å². The summed E-state index contributed by atoms with van der Waals surface area (Å²) in [6, 6.07) is 5.47. The van der Waals surface area contributed by atoms with Crippen molar-refractivity contribution in [1.82, 2.24) is 9.30 Å². The zero-order valence-electron chi connectivity index (χ0n) is 23.8. The molecule has 1 fully saturated rings. The number of imidazole rings is 1. The number of aliphatic hydroxyl groups excluding tert-OH is 1.